The predicted molar refractivity (Wildman–Crippen MR) is 128 cm³/mol. The van der Waals surface area contributed by atoms with E-state index in [1.165, 1.54) is 21.2 Å². The highest BCUT2D eigenvalue weighted by molar-refractivity contribution is 7.99. The van der Waals surface area contributed by atoms with Gasteiger partial charge in [0.1, 0.15) is 5.75 Å². The maximum Gasteiger partial charge on any atom is 0.226 e. The number of benzene rings is 3. The Bertz CT molecular complexity index is 996. The summed E-state index contributed by atoms with van der Waals surface area (Å²) in [5, 5.41) is 3.71. The van der Waals surface area contributed by atoms with E-state index in [1.54, 1.807) is 36.0 Å². The molecule has 0 aliphatic carbocycles. The summed E-state index contributed by atoms with van der Waals surface area (Å²) in [7, 11) is 0. The lowest BCUT2D eigenvalue weighted by Crippen LogP contribution is -2.34. The number of ether oxygens (including phenoxy) is 1. The summed E-state index contributed by atoms with van der Waals surface area (Å²) < 4.78 is 5.69. The summed E-state index contributed by atoms with van der Waals surface area (Å²) in [6.45, 7) is 3.67. The molecule has 1 aliphatic rings. The van der Waals surface area contributed by atoms with E-state index in [0.717, 1.165) is 13.0 Å². The molecule has 4 nitrogen and oxygen atoms in total. The molecule has 1 amide bonds. The van der Waals surface area contributed by atoms with Crippen molar-refractivity contribution in [2.75, 3.05) is 24.6 Å². The highest BCUT2D eigenvalue weighted by Crippen LogP contribution is 2.47. The summed E-state index contributed by atoms with van der Waals surface area (Å²) in [5.74, 6) is 0.483. The van der Waals surface area contributed by atoms with E-state index < -0.39 is 0 Å². The second kappa shape index (κ2) is 10.1. The number of hydrogen-bond donors (Lipinski definition) is 1. The highest BCUT2D eigenvalue weighted by Gasteiger charge is 2.22. The molecule has 0 spiro atoms. The number of para-hydroxylation sites is 2. The Morgan fingerprint density at radius 1 is 1.00 bits per heavy atom. The van der Waals surface area contributed by atoms with Gasteiger partial charge in [-0.05, 0) is 55.0 Å². The lowest BCUT2D eigenvalue weighted by molar-refractivity contribution is -0.125. The quantitative estimate of drug-likeness (QED) is 0.415. The van der Waals surface area contributed by atoms with E-state index in [1.807, 2.05) is 6.92 Å². The first-order valence-electron chi connectivity index (χ1n) is 10.4. The van der Waals surface area contributed by atoms with Gasteiger partial charge < -0.3 is 15.0 Å². The molecular formula is C25H25ClN2O2S. The number of hydrogen-bond acceptors (Lipinski definition) is 4. The summed E-state index contributed by atoms with van der Waals surface area (Å²) in [6.07, 6.45) is 0.851. The third-order valence-corrected chi connectivity index (χ3v) is 6.53. The van der Waals surface area contributed by atoms with Crippen molar-refractivity contribution in [3.8, 4) is 5.75 Å². The minimum Gasteiger partial charge on any atom is -0.493 e. The molecule has 1 aliphatic heterocycles. The average molecular weight is 453 g/mol. The van der Waals surface area contributed by atoms with Crippen LogP contribution in [0.2, 0.25) is 5.02 Å². The fraction of sp³-hybridized carbons (Fsp3) is 0.240. The first kappa shape index (κ1) is 21.6. The van der Waals surface area contributed by atoms with Gasteiger partial charge in [-0.1, -0.05) is 54.6 Å². The van der Waals surface area contributed by atoms with Crippen LogP contribution < -0.4 is 15.0 Å². The maximum absolute atomic E-state index is 12.4. The molecule has 3 aromatic carbocycles. The van der Waals surface area contributed by atoms with Gasteiger partial charge in [0.25, 0.3) is 0 Å². The number of carbonyl (C=O) groups is 1. The van der Waals surface area contributed by atoms with Crippen LogP contribution in [0.15, 0.2) is 82.6 Å². The van der Waals surface area contributed by atoms with Crippen molar-refractivity contribution < 1.29 is 9.53 Å². The standard InChI is InChI=1S/C25H25ClN2O2S/c1-18(17-30-20-13-11-19(26)12-14-20)25(29)27-15-6-16-28-21-7-2-4-9-23(21)31-24-10-5-3-8-22(24)28/h2-5,7-14,18H,6,15-17H2,1H3,(H,27,29). The van der Waals surface area contributed by atoms with Gasteiger partial charge in [0.05, 0.1) is 23.9 Å². The topological polar surface area (TPSA) is 41.6 Å². The third-order valence-electron chi connectivity index (χ3n) is 5.15. The molecule has 1 N–H and O–H groups in total. The van der Waals surface area contributed by atoms with Crippen molar-refractivity contribution in [2.24, 2.45) is 5.92 Å². The minimum atomic E-state index is -0.233. The van der Waals surface area contributed by atoms with Crippen molar-refractivity contribution in [1.82, 2.24) is 5.32 Å². The van der Waals surface area contributed by atoms with Crippen LogP contribution in [-0.4, -0.2) is 25.6 Å². The van der Waals surface area contributed by atoms with E-state index in [9.17, 15) is 4.79 Å². The summed E-state index contributed by atoms with van der Waals surface area (Å²) in [5.41, 5.74) is 2.45. The van der Waals surface area contributed by atoms with Gasteiger partial charge in [0.2, 0.25) is 5.91 Å². The normalized spacial score (nSPS) is 13.2. The minimum absolute atomic E-state index is 0.00367. The Morgan fingerprint density at radius 2 is 1.61 bits per heavy atom. The van der Waals surface area contributed by atoms with Crippen molar-refractivity contribution >= 4 is 40.6 Å². The van der Waals surface area contributed by atoms with Crippen LogP contribution in [0.3, 0.4) is 0 Å². The Hall–Kier alpha value is -2.63. The van der Waals surface area contributed by atoms with Gasteiger partial charge in [0.15, 0.2) is 0 Å². The van der Waals surface area contributed by atoms with Crippen molar-refractivity contribution in [3.63, 3.8) is 0 Å². The number of halogens is 1. The van der Waals surface area contributed by atoms with Crippen LogP contribution >= 0.6 is 23.4 Å². The lowest BCUT2D eigenvalue weighted by atomic mass is 10.2. The van der Waals surface area contributed by atoms with Crippen LogP contribution in [0.4, 0.5) is 11.4 Å². The Kier molecular flexibility index (Phi) is 7.05. The van der Waals surface area contributed by atoms with Gasteiger partial charge >= 0.3 is 0 Å². The Morgan fingerprint density at radius 3 is 2.26 bits per heavy atom. The number of fused-ring (bicyclic) bond motifs is 2. The van der Waals surface area contributed by atoms with Crippen molar-refractivity contribution in [3.05, 3.63) is 77.8 Å². The molecule has 0 aromatic heterocycles. The van der Waals surface area contributed by atoms with Gasteiger partial charge in [-0.3, -0.25) is 4.79 Å². The van der Waals surface area contributed by atoms with Crippen LogP contribution in [-0.2, 0) is 4.79 Å². The zero-order valence-corrected chi connectivity index (χ0v) is 19.0. The molecule has 0 fully saturated rings. The van der Waals surface area contributed by atoms with E-state index in [2.05, 4.69) is 58.7 Å². The number of nitrogens with zero attached hydrogens (tertiary/aromatic N) is 1. The smallest absolute Gasteiger partial charge is 0.226 e. The number of nitrogens with one attached hydrogen (secondary N) is 1. The summed E-state index contributed by atoms with van der Waals surface area (Å²) >= 11 is 7.69. The van der Waals surface area contributed by atoms with E-state index in [4.69, 9.17) is 16.3 Å². The highest BCUT2D eigenvalue weighted by atomic mass is 35.5. The molecule has 0 bridgehead atoms. The third kappa shape index (κ3) is 5.35. The fourth-order valence-electron chi connectivity index (χ4n) is 3.47. The van der Waals surface area contributed by atoms with Gasteiger partial charge in [0, 0.05) is 27.9 Å². The summed E-state index contributed by atoms with van der Waals surface area (Å²) in [6, 6.07) is 24.1. The Balaban J connectivity index is 1.28. The molecule has 0 saturated heterocycles. The lowest BCUT2D eigenvalue weighted by Gasteiger charge is -2.32. The fourth-order valence-corrected chi connectivity index (χ4v) is 4.69. The molecule has 3 aromatic rings. The Labute approximate surface area is 192 Å². The molecule has 4 rings (SSSR count). The molecule has 0 saturated carbocycles. The monoisotopic (exact) mass is 452 g/mol. The predicted octanol–water partition coefficient (Wildman–Crippen LogP) is 6.16. The molecular weight excluding hydrogens is 428 g/mol. The van der Waals surface area contributed by atoms with Crippen LogP contribution in [0, 0.1) is 5.92 Å². The molecule has 160 valence electrons. The van der Waals surface area contributed by atoms with Crippen LogP contribution in [0.1, 0.15) is 13.3 Å². The van der Waals surface area contributed by atoms with Gasteiger partial charge in [-0.25, -0.2) is 0 Å². The first-order valence-corrected chi connectivity index (χ1v) is 11.6. The van der Waals surface area contributed by atoms with E-state index in [-0.39, 0.29) is 11.8 Å². The maximum atomic E-state index is 12.4. The molecule has 1 unspecified atom stereocenters. The molecule has 31 heavy (non-hydrogen) atoms. The van der Waals surface area contributed by atoms with Crippen LogP contribution in [0.5, 0.6) is 5.75 Å². The zero-order valence-electron chi connectivity index (χ0n) is 17.4. The molecule has 1 heterocycles. The second-order valence-corrected chi connectivity index (χ2v) is 9.02. The SMILES string of the molecule is CC(COc1ccc(Cl)cc1)C(=O)NCCCN1c2ccccc2Sc2ccccc21. The zero-order chi connectivity index (χ0) is 21.6. The summed E-state index contributed by atoms with van der Waals surface area (Å²) in [4.78, 5) is 17.3. The van der Waals surface area contributed by atoms with E-state index in [0.29, 0.717) is 23.9 Å². The molecule has 0 radical (unpaired) electrons. The van der Waals surface area contributed by atoms with Gasteiger partial charge in [-0.2, -0.15) is 0 Å². The second-order valence-electron chi connectivity index (χ2n) is 7.50. The largest absolute Gasteiger partial charge is 0.493 e. The number of anilines is 2. The first-order chi connectivity index (χ1) is 15.1. The van der Waals surface area contributed by atoms with Crippen molar-refractivity contribution in [1.29, 1.82) is 0 Å². The molecule has 1 atom stereocenters. The number of carbonyl (C=O) groups excluding carboxylic acids is 1. The van der Waals surface area contributed by atoms with Crippen LogP contribution in [0.25, 0.3) is 0 Å². The average Bonchev–Trinajstić information content (AvgIpc) is 2.80. The number of rotatable bonds is 8. The number of amides is 1. The van der Waals surface area contributed by atoms with Crippen molar-refractivity contribution in [2.45, 2.75) is 23.1 Å². The van der Waals surface area contributed by atoms with Gasteiger partial charge in [-0.15, -0.1) is 0 Å². The molecule has 6 heteroatoms. The van der Waals surface area contributed by atoms with E-state index >= 15 is 0 Å².